The third-order valence-electron chi connectivity index (χ3n) is 3.40. The van der Waals surface area contributed by atoms with Gasteiger partial charge in [0.25, 0.3) is 0 Å². The number of hydrogen-bond donors (Lipinski definition) is 3. The van der Waals surface area contributed by atoms with E-state index in [0.717, 1.165) is 11.3 Å². The Morgan fingerprint density at radius 2 is 1.71 bits per heavy atom. The number of primary sulfonamides is 1. The normalized spacial score (nSPS) is 12.3. The summed E-state index contributed by atoms with van der Waals surface area (Å²) in [5, 5.41) is 11.7. The Morgan fingerprint density at radius 3 is 2.21 bits per heavy atom. The Labute approximate surface area is 147 Å². The summed E-state index contributed by atoms with van der Waals surface area (Å²) in [7, 11) is -2.07. The molecule has 0 amide bonds. The van der Waals surface area contributed by atoms with Crippen LogP contribution in [0.15, 0.2) is 53.4 Å². The van der Waals surface area contributed by atoms with Gasteiger partial charge in [0.1, 0.15) is 5.75 Å². The van der Waals surface area contributed by atoms with E-state index < -0.39 is 10.0 Å². The van der Waals surface area contributed by atoms with Crippen molar-refractivity contribution in [1.82, 2.24) is 5.32 Å². The monoisotopic (exact) mass is 365 g/mol. The molecule has 0 aliphatic heterocycles. The lowest BCUT2D eigenvalue weighted by Crippen LogP contribution is -2.30. The van der Waals surface area contributed by atoms with Crippen molar-refractivity contribution < 1.29 is 13.2 Å². The minimum absolute atomic E-state index is 0.000371. The molecule has 0 aliphatic carbocycles. The first-order valence-corrected chi connectivity index (χ1v) is 9.09. The molecule has 6 nitrogen and oxygen atoms in total. The topological polar surface area (TPSA) is 93.4 Å². The van der Waals surface area contributed by atoms with E-state index in [1.807, 2.05) is 31.2 Å². The van der Waals surface area contributed by atoms with Gasteiger partial charge < -0.3 is 15.4 Å². The number of ether oxygens (including phenoxy) is 1. The van der Waals surface area contributed by atoms with Crippen LogP contribution in [0.4, 0.5) is 5.69 Å². The Balaban J connectivity index is 1.96. The number of anilines is 1. The second kappa shape index (κ2) is 7.61. The van der Waals surface area contributed by atoms with Crippen LogP contribution < -0.4 is 20.5 Å². The van der Waals surface area contributed by atoms with E-state index >= 15 is 0 Å². The van der Waals surface area contributed by atoms with E-state index in [1.54, 1.807) is 19.2 Å². The highest BCUT2D eigenvalue weighted by Gasteiger charge is 2.09. The van der Waals surface area contributed by atoms with Gasteiger partial charge in [0.15, 0.2) is 5.11 Å². The van der Waals surface area contributed by atoms with Crippen LogP contribution in [0.3, 0.4) is 0 Å². The molecule has 0 spiro atoms. The van der Waals surface area contributed by atoms with Crippen molar-refractivity contribution in [3.63, 3.8) is 0 Å². The lowest BCUT2D eigenvalue weighted by atomic mass is 10.1. The van der Waals surface area contributed by atoms with Crippen molar-refractivity contribution in [2.24, 2.45) is 5.14 Å². The summed E-state index contributed by atoms with van der Waals surface area (Å²) in [6, 6.07) is 13.7. The quantitative estimate of drug-likeness (QED) is 0.705. The molecule has 1 unspecified atom stereocenters. The Kier molecular flexibility index (Phi) is 5.76. The van der Waals surface area contributed by atoms with Gasteiger partial charge in [-0.2, -0.15) is 0 Å². The summed E-state index contributed by atoms with van der Waals surface area (Å²) in [6.07, 6.45) is 0. The number of benzene rings is 2. The maximum absolute atomic E-state index is 11.2. The van der Waals surface area contributed by atoms with Crippen molar-refractivity contribution in [2.45, 2.75) is 17.9 Å². The van der Waals surface area contributed by atoms with Crippen molar-refractivity contribution >= 4 is 33.0 Å². The van der Waals surface area contributed by atoms with Crippen LogP contribution in [0.5, 0.6) is 5.75 Å². The van der Waals surface area contributed by atoms with Gasteiger partial charge >= 0.3 is 0 Å². The fourth-order valence-corrected chi connectivity index (χ4v) is 2.88. The number of rotatable bonds is 5. The Bertz CT molecular complexity index is 803. The van der Waals surface area contributed by atoms with E-state index in [-0.39, 0.29) is 10.9 Å². The highest BCUT2D eigenvalue weighted by molar-refractivity contribution is 7.89. The average molecular weight is 365 g/mol. The fourth-order valence-electron chi connectivity index (χ4n) is 2.07. The number of hydrogen-bond acceptors (Lipinski definition) is 4. The number of methoxy groups -OCH3 is 1. The molecule has 8 heteroatoms. The smallest absolute Gasteiger partial charge is 0.238 e. The number of nitrogens with one attached hydrogen (secondary N) is 2. The van der Waals surface area contributed by atoms with Gasteiger partial charge in [-0.1, -0.05) is 12.1 Å². The Hall–Kier alpha value is -2.16. The molecular formula is C16H19N3O3S2. The molecule has 0 fully saturated rings. The Morgan fingerprint density at radius 1 is 1.12 bits per heavy atom. The number of nitrogens with two attached hydrogens (primary N) is 1. The molecule has 128 valence electrons. The standard InChI is InChI=1S/C16H19N3O3S2/c1-11(12-3-7-14(22-2)8-4-12)18-16(23)19-13-5-9-15(10-6-13)24(17,20)21/h3-11H,1-2H3,(H2,17,20,21)(H2,18,19,23). The summed E-state index contributed by atoms with van der Waals surface area (Å²) in [6.45, 7) is 1.99. The second-order valence-electron chi connectivity index (χ2n) is 5.16. The molecule has 0 aliphatic rings. The van der Waals surface area contributed by atoms with Crippen LogP contribution >= 0.6 is 12.2 Å². The molecule has 24 heavy (non-hydrogen) atoms. The highest BCUT2D eigenvalue weighted by atomic mass is 32.2. The molecule has 0 radical (unpaired) electrons. The predicted octanol–water partition coefficient (Wildman–Crippen LogP) is 2.39. The maximum atomic E-state index is 11.2. The van der Waals surface area contributed by atoms with Crippen LogP contribution in [0.1, 0.15) is 18.5 Å². The third kappa shape index (κ3) is 4.92. The SMILES string of the molecule is COc1ccc(C(C)NC(=S)Nc2ccc(S(N)(=O)=O)cc2)cc1. The summed E-state index contributed by atoms with van der Waals surface area (Å²) < 4.78 is 27.6. The zero-order valence-corrected chi connectivity index (χ0v) is 14.9. The van der Waals surface area contributed by atoms with Crippen LogP contribution in [0.2, 0.25) is 0 Å². The largest absolute Gasteiger partial charge is 0.497 e. The zero-order chi connectivity index (χ0) is 17.7. The van der Waals surface area contributed by atoms with Crippen LogP contribution in [0, 0.1) is 0 Å². The summed E-state index contributed by atoms with van der Waals surface area (Å²) >= 11 is 5.28. The minimum atomic E-state index is -3.70. The summed E-state index contributed by atoms with van der Waals surface area (Å²) in [4.78, 5) is 0.0542. The van der Waals surface area contributed by atoms with Crippen molar-refractivity contribution in [2.75, 3.05) is 12.4 Å². The van der Waals surface area contributed by atoms with Gasteiger partial charge in [-0.3, -0.25) is 0 Å². The van der Waals surface area contributed by atoms with Crippen molar-refractivity contribution in [3.05, 3.63) is 54.1 Å². The molecular weight excluding hydrogens is 346 g/mol. The number of thiocarbonyl (C=S) groups is 1. The fraction of sp³-hybridized carbons (Fsp3) is 0.188. The molecule has 0 saturated heterocycles. The van der Waals surface area contributed by atoms with E-state index in [1.165, 1.54) is 12.1 Å². The van der Waals surface area contributed by atoms with Gasteiger partial charge in [-0.15, -0.1) is 0 Å². The summed E-state index contributed by atoms with van der Waals surface area (Å²) in [5.41, 5.74) is 1.73. The van der Waals surface area contributed by atoms with E-state index in [2.05, 4.69) is 10.6 Å². The van der Waals surface area contributed by atoms with Crippen molar-refractivity contribution in [1.29, 1.82) is 0 Å². The lowest BCUT2D eigenvalue weighted by Gasteiger charge is -2.17. The molecule has 4 N–H and O–H groups in total. The first-order valence-electron chi connectivity index (χ1n) is 7.14. The minimum Gasteiger partial charge on any atom is -0.497 e. The van der Waals surface area contributed by atoms with Crippen LogP contribution in [0.25, 0.3) is 0 Å². The number of sulfonamides is 1. The molecule has 0 bridgehead atoms. The molecule has 2 aromatic rings. The molecule has 0 saturated carbocycles. The molecule has 0 heterocycles. The van der Waals surface area contributed by atoms with Crippen molar-refractivity contribution in [3.8, 4) is 5.75 Å². The maximum Gasteiger partial charge on any atom is 0.238 e. The predicted molar refractivity (Wildman–Crippen MR) is 98.6 cm³/mol. The first-order chi connectivity index (χ1) is 11.3. The average Bonchev–Trinajstić information content (AvgIpc) is 2.54. The van der Waals surface area contributed by atoms with Gasteiger partial charge in [-0.05, 0) is 61.1 Å². The first kappa shape index (κ1) is 18.2. The molecule has 0 aromatic heterocycles. The second-order valence-corrected chi connectivity index (χ2v) is 7.13. The van der Waals surface area contributed by atoms with Gasteiger partial charge in [0, 0.05) is 5.69 Å². The lowest BCUT2D eigenvalue weighted by molar-refractivity contribution is 0.414. The van der Waals surface area contributed by atoms with Gasteiger partial charge in [0.2, 0.25) is 10.0 Å². The van der Waals surface area contributed by atoms with Crippen LogP contribution in [-0.4, -0.2) is 20.6 Å². The van der Waals surface area contributed by atoms with E-state index in [4.69, 9.17) is 22.1 Å². The van der Waals surface area contributed by atoms with Gasteiger partial charge in [-0.25, -0.2) is 13.6 Å². The molecule has 1 atom stereocenters. The van der Waals surface area contributed by atoms with Crippen LogP contribution in [-0.2, 0) is 10.0 Å². The van der Waals surface area contributed by atoms with Gasteiger partial charge in [0.05, 0.1) is 18.0 Å². The molecule has 2 aromatic carbocycles. The third-order valence-corrected chi connectivity index (χ3v) is 4.55. The van der Waals surface area contributed by atoms with E-state index in [9.17, 15) is 8.42 Å². The molecule has 2 rings (SSSR count). The van der Waals surface area contributed by atoms with E-state index in [0.29, 0.717) is 10.8 Å². The summed E-state index contributed by atoms with van der Waals surface area (Å²) in [5.74, 6) is 0.793. The highest BCUT2D eigenvalue weighted by Crippen LogP contribution is 2.18. The zero-order valence-electron chi connectivity index (χ0n) is 13.3.